The van der Waals surface area contributed by atoms with Crippen LogP contribution in [0.2, 0.25) is 0 Å². The Bertz CT molecular complexity index is 968. The maximum Gasteiger partial charge on any atom is 0.373 e. The summed E-state index contributed by atoms with van der Waals surface area (Å²) in [6.45, 7) is 9.95. The first-order valence-electron chi connectivity index (χ1n) is 9.62. The van der Waals surface area contributed by atoms with Crippen LogP contribution in [0.25, 0.3) is 0 Å². The van der Waals surface area contributed by atoms with Gasteiger partial charge >= 0.3 is 11.6 Å². The summed E-state index contributed by atoms with van der Waals surface area (Å²) in [5.74, 6) is 0.324. The quantitative estimate of drug-likeness (QED) is 0.293. The summed E-state index contributed by atoms with van der Waals surface area (Å²) < 4.78 is 11.6. The molecular formula is C21H24N4O5. The molecular weight excluding hydrogens is 388 g/mol. The van der Waals surface area contributed by atoms with Crippen LogP contribution in [0.5, 0.6) is 11.6 Å². The highest BCUT2D eigenvalue weighted by Crippen LogP contribution is 2.38. The molecule has 2 heterocycles. The molecule has 1 fully saturated rings. The second-order valence-electron chi connectivity index (χ2n) is 7.24. The Kier molecular flexibility index (Phi) is 6.41. The van der Waals surface area contributed by atoms with E-state index in [1.807, 2.05) is 18.7 Å². The first-order chi connectivity index (χ1) is 14.3. The van der Waals surface area contributed by atoms with Crippen molar-refractivity contribution < 1.29 is 19.2 Å². The van der Waals surface area contributed by atoms with Crippen LogP contribution >= 0.6 is 0 Å². The Morgan fingerprint density at radius 2 is 2.07 bits per heavy atom. The lowest BCUT2D eigenvalue weighted by Gasteiger charge is -2.35. The molecule has 9 nitrogen and oxygen atoms in total. The number of hydrogen-bond donors (Lipinski definition) is 0. The number of anilines is 1. The fraction of sp³-hybridized carbons (Fsp3) is 0.381. The highest BCUT2D eigenvalue weighted by Gasteiger charge is 2.33. The molecule has 9 heteroatoms. The minimum Gasteiger partial charge on any atom is -0.433 e. The standard InChI is InChI=1S/C21H24N4O5/c1-5-6-17-9-16(15(4)26)7-8-18(17)30-21-19(25(27)28)20(22-12-23-21)24-10-13(2)29-14(3)11-24/h5,7-9,12-14H,1,6,10-11H2,2-4H3. The molecule has 0 bridgehead atoms. The van der Waals surface area contributed by atoms with Gasteiger partial charge in [0.25, 0.3) is 0 Å². The van der Waals surface area contributed by atoms with E-state index in [0.29, 0.717) is 36.4 Å². The predicted octanol–water partition coefficient (Wildman–Crippen LogP) is 3.72. The van der Waals surface area contributed by atoms with Gasteiger partial charge in [0.2, 0.25) is 5.82 Å². The second-order valence-corrected chi connectivity index (χ2v) is 7.24. The lowest BCUT2D eigenvalue weighted by Crippen LogP contribution is -2.46. The molecule has 0 aliphatic carbocycles. The minimum atomic E-state index is -0.535. The molecule has 2 aromatic rings. The van der Waals surface area contributed by atoms with Gasteiger partial charge in [-0.3, -0.25) is 14.9 Å². The molecule has 1 aliphatic rings. The third-order valence-electron chi connectivity index (χ3n) is 4.71. The van der Waals surface area contributed by atoms with Crippen LogP contribution in [0, 0.1) is 10.1 Å². The fourth-order valence-corrected chi connectivity index (χ4v) is 3.49. The maximum absolute atomic E-state index is 11.9. The summed E-state index contributed by atoms with van der Waals surface area (Å²) in [7, 11) is 0. The number of ketones is 1. The third-order valence-corrected chi connectivity index (χ3v) is 4.71. The number of allylic oxidation sites excluding steroid dienone is 1. The number of hydrogen-bond acceptors (Lipinski definition) is 8. The van der Waals surface area contributed by atoms with E-state index in [0.717, 1.165) is 0 Å². The van der Waals surface area contributed by atoms with Crippen molar-refractivity contribution in [3.63, 3.8) is 0 Å². The zero-order valence-electron chi connectivity index (χ0n) is 17.2. The number of nitro groups is 1. The molecule has 2 unspecified atom stereocenters. The van der Waals surface area contributed by atoms with Crippen LogP contribution in [0.1, 0.15) is 36.7 Å². The van der Waals surface area contributed by atoms with E-state index in [-0.39, 0.29) is 35.4 Å². The normalized spacial score (nSPS) is 18.7. The van der Waals surface area contributed by atoms with Gasteiger partial charge in [-0.05, 0) is 51.0 Å². The number of carbonyl (C=O) groups excluding carboxylic acids is 1. The van der Waals surface area contributed by atoms with Gasteiger partial charge in [-0.15, -0.1) is 6.58 Å². The van der Waals surface area contributed by atoms with Crippen LogP contribution in [-0.2, 0) is 11.2 Å². The summed E-state index contributed by atoms with van der Waals surface area (Å²) in [6.07, 6.45) is 3.17. The van der Waals surface area contributed by atoms with Crippen molar-refractivity contribution in [1.82, 2.24) is 9.97 Å². The maximum atomic E-state index is 11.9. The van der Waals surface area contributed by atoms with E-state index in [2.05, 4.69) is 16.5 Å². The second kappa shape index (κ2) is 9.00. The number of benzene rings is 1. The monoisotopic (exact) mass is 412 g/mol. The Balaban J connectivity index is 2.02. The molecule has 2 atom stereocenters. The van der Waals surface area contributed by atoms with E-state index in [9.17, 15) is 14.9 Å². The number of aromatic nitrogens is 2. The lowest BCUT2D eigenvalue weighted by atomic mass is 10.0. The summed E-state index contributed by atoms with van der Waals surface area (Å²) in [5, 5.41) is 11.9. The first kappa shape index (κ1) is 21.4. The number of morpholine rings is 1. The van der Waals surface area contributed by atoms with Crippen LogP contribution < -0.4 is 9.64 Å². The Morgan fingerprint density at radius 3 is 2.67 bits per heavy atom. The summed E-state index contributed by atoms with van der Waals surface area (Å²) in [5.41, 5.74) is 0.896. The Hall–Kier alpha value is -3.33. The average molecular weight is 412 g/mol. The molecule has 30 heavy (non-hydrogen) atoms. The van der Waals surface area contributed by atoms with Crippen molar-refractivity contribution in [3.8, 4) is 11.6 Å². The summed E-state index contributed by atoms with van der Waals surface area (Å²) in [6, 6.07) is 4.92. The highest BCUT2D eigenvalue weighted by molar-refractivity contribution is 5.94. The number of nitrogens with zero attached hydrogens (tertiary/aromatic N) is 4. The van der Waals surface area contributed by atoms with Crippen molar-refractivity contribution in [3.05, 3.63) is 58.4 Å². The topological polar surface area (TPSA) is 108 Å². The zero-order chi connectivity index (χ0) is 21.8. The molecule has 1 aromatic heterocycles. The van der Waals surface area contributed by atoms with Gasteiger partial charge in [0.15, 0.2) is 5.78 Å². The molecule has 1 aliphatic heterocycles. The van der Waals surface area contributed by atoms with Gasteiger partial charge in [-0.25, -0.2) is 4.98 Å². The van der Waals surface area contributed by atoms with Crippen molar-refractivity contribution >= 4 is 17.3 Å². The number of Topliss-reactive ketones (excluding diaryl/α,β-unsaturated/α-hetero) is 1. The van der Waals surface area contributed by atoms with E-state index in [1.54, 1.807) is 24.3 Å². The van der Waals surface area contributed by atoms with E-state index in [4.69, 9.17) is 9.47 Å². The minimum absolute atomic E-state index is 0.0854. The SMILES string of the molecule is C=CCc1cc(C(C)=O)ccc1Oc1ncnc(N2CC(C)OC(C)C2)c1[N+](=O)[O-]. The number of rotatable bonds is 7. The van der Waals surface area contributed by atoms with Crippen molar-refractivity contribution in [2.24, 2.45) is 0 Å². The van der Waals surface area contributed by atoms with Crippen LogP contribution in [-0.4, -0.2) is 46.0 Å². The van der Waals surface area contributed by atoms with Gasteiger partial charge in [0, 0.05) is 18.7 Å². The van der Waals surface area contributed by atoms with Crippen molar-refractivity contribution in [2.75, 3.05) is 18.0 Å². The molecule has 1 saturated heterocycles. The van der Waals surface area contributed by atoms with Gasteiger partial charge in [-0.2, -0.15) is 4.98 Å². The Morgan fingerprint density at radius 1 is 1.37 bits per heavy atom. The molecule has 3 rings (SSSR count). The van der Waals surface area contributed by atoms with Crippen molar-refractivity contribution in [2.45, 2.75) is 39.4 Å². The first-order valence-corrected chi connectivity index (χ1v) is 9.62. The van der Waals surface area contributed by atoms with Crippen LogP contribution in [0.3, 0.4) is 0 Å². The predicted molar refractivity (Wildman–Crippen MR) is 111 cm³/mol. The molecule has 0 N–H and O–H groups in total. The molecule has 0 radical (unpaired) electrons. The summed E-state index contributed by atoms with van der Waals surface area (Å²) in [4.78, 5) is 33.1. The smallest absolute Gasteiger partial charge is 0.373 e. The number of ether oxygens (including phenoxy) is 2. The molecule has 0 spiro atoms. The fourth-order valence-electron chi connectivity index (χ4n) is 3.49. The molecule has 0 amide bonds. The van der Waals surface area contributed by atoms with Gasteiger partial charge < -0.3 is 14.4 Å². The van der Waals surface area contributed by atoms with Crippen LogP contribution in [0.4, 0.5) is 11.5 Å². The van der Waals surface area contributed by atoms with Crippen LogP contribution in [0.15, 0.2) is 37.2 Å². The summed E-state index contributed by atoms with van der Waals surface area (Å²) >= 11 is 0. The third kappa shape index (κ3) is 4.62. The molecule has 158 valence electrons. The van der Waals surface area contributed by atoms with Gasteiger partial charge in [0.05, 0.1) is 17.1 Å². The average Bonchev–Trinajstić information content (AvgIpc) is 2.68. The molecule has 0 saturated carbocycles. The largest absolute Gasteiger partial charge is 0.433 e. The highest BCUT2D eigenvalue weighted by atomic mass is 16.6. The number of carbonyl (C=O) groups is 1. The van der Waals surface area contributed by atoms with E-state index in [1.165, 1.54) is 13.3 Å². The Labute approximate surface area is 174 Å². The van der Waals surface area contributed by atoms with Gasteiger partial charge in [-0.1, -0.05) is 6.08 Å². The van der Waals surface area contributed by atoms with Crippen molar-refractivity contribution in [1.29, 1.82) is 0 Å². The zero-order valence-corrected chi connectivity index (χ0v) is 17.2. The molecule has 1 aromatic carbocycles. The van der Waals surface area contributed by atoms with E-state index >= 15 is 0 Å². The van der Waals surface area contributed by atoms with Gasteiger partial charge in [0.1, 0.15) is 12.1 Å². The lowest BCUT2D eigenvalue weighted by molar-refractivity contribution is -0.385. The van der Waals surface area contributed by atoms with E-state index < -0.39 is 4.92 Å².